The second kappa shape index (κ2) is 46.5. The lowest BCUT2D eigenvalue weighted by Gasteiger charge is -2.20. The fourth-order valence-electron chi connectivity index (χ4n) is 7.38. The topological polar surface area (TPSA) is 172 Å². The van der Waals surface area contributed by atoms with Crippen molar-refractivity contribution in [2.45, 2.75) is 264 Å². The lowest BCUT2D eigenvalue weighted by molar-refractivity contribution is -0.161. The van der Waals surface area contributed by atoms with E-state index in [1.165, 1.54) is 167 Å². The Hall–Kier alpha value is -2.04. The minimum atomic E-state index is -4.73. The van der Waals surface area contributed by atoms with E-state index in [4.69, 9.17) is 24.8 Å². The van der Waals surface area contributed by atoms with E-state index in [2.05, 4.69) is 42.7 Å². The van der Waals surface area contributed by atoms with Crippen LogP contribution in [0.4, 0.5) is 0 Å². The normalized spacial score (nSPS) is 13.7. The zero-order valence-electron chi connectivity index (χ0n) is 40.4. The van der Waals surface area contributed by atoms with Gasteiger partial charge in [-0.25, -0.2) is 4.57 Å². The number of aliphatic carboxylic acids is 1. The van der Waals surface area contributed by atoms with Gasteiger partial charge in [0, 0.05) is 12.8 Å². The molecule has 11 nitrogen and oxygen atoms in total. The number of phosphoric ester groups is 1. The predicted molar refractivity (Wildman–Crippen MR) is 259 cm³/mol. The van der Waals surface area contributed by atoms with Gasteiger partial charge in [0.2, 0.25) is 0 Å². The fraction of sp³-hybridized carbons (Fsp3) is 0.863. The van der Waals surface area contributed by atoms with Crippen LogP contribution in [0.2, 0.25) is 0 Å². The predicted octanol–water partition coefficient (Wildman–Crippen LogP) is 14.6. The maximum Gasteiger partial charge on any atom is 0.472 e. The van der Waals surface area contributed by atoms with E-state index in [0.29, 0.717) is 19.3 Å². The summed E-state index contributed by atoms with van der Waals surface area (Å²) >= 11 is 0. The Morgan fingerprint density at radius 3 is 1.25 bits per heavy atom. The third-order valence-corrected chi connectivity index (χ3v) is 12.4. The van der Waals surface area contributed by atoms with Crippen LogP contribution in [-0.4, -0.2) is 59.9 Å². The van der Waals surface area contributed by atoms with Crippen LogP contribution in [0.25, 0.3) is 0 Å². The number of carbonyl (C=O) groups is 3. The molecule has 0 aliphatic rings. The van der Waals surface area contributed by atoms with Crippen molar-refractivity contribution in [3.63, 3.8) is 0 Å². The van der Waals surface area contributed by atoms with Gasteiger partial charge in [-0.1, -0.05) is 218 Å². The Labute approximate surface area is 385 Å². The van der Waals surface area contributed by atoms with Gasteiger partial charge in [0.25, 0.3) is 0 Å². The van der Waals surface area contributed by atoms with Crippen molar-refractivity contribution < 1.29 is 47.5 Å². The van der Waals surface area contributed by atoms with Crippen molar-refractivity contribution >= 4 is 25.7 Å². The summed E-state index contributed by atoms with van der Waals surface area (Å²) in [6.07, 6.45) is 51.1. The molecule has 4 N–H and O–H groups in total. The van der Waals surface area contributed by atoms with Crippen LogP contribution in [0.1, 0.15) is 251 Å². The molecular formula is C51H96NO10P. The maximum absolute atomic E-state index is 12.7. The summed E-state index contributed by atoms with van der Waals surface area (Å²) in [7, 11) is -4.73. The van der Waals surface area contributed by atoms with E-state index in [-0.39, 0.29) is 19.4 Å². The summed E-state index contributed by atoms with van der Waals surface area (Å²) in [6.45, 7) is 2.82. The molecule has 0 amide bonds. The number of esters is 2. The van der Waals surface area contributed by atoms with Crippen molar-refractivity contribution in [3.05, 3.63) is 24.3 Å². The van der Waals surface area contributed by atoms with Gasteiger partial charge in [0.05, 0.1) is 13.2 Å². The molecule has 0 aliphatic heterocycles. The molecule has 0 fully saturated rings. The first kappa shape index (κ1) is 61.0. The summed E-state index contributed by atoms with van der Waals surface area (Å²) in [4.78, 5) is 46.1. The Balaban J connectivity index is 4.26. The molecule has 0 rings (SSSR count). The smallest absolute Gasteiger partial charge is 0.472 e. The van der Waals surface area contributed by atoms with Crippen LogP contribution in [0.5, 0.6) is 0 Å². The highest BCUT2D eigenvalue weighted by atomic mass is 31.2. The van der Waals surface area contributed by atoms with Crippen molar-refractivity contribution in [1.29, 1.82) is 0 Å². The molecule has 0 radical (unpaired) electrons. The van der Waals surface area contributed by atoms with Gasteiger partial charge in [-0.15, -0.1) is 0 Å². The van der Waals surface area contributed by atoms with Crippen molar-refractivity contribution in [2.24, 2.45) is 5.73 Å². The van der Waals surface area contributed by atoms with Gasteiger partial charge in [0.15, 0.2) is 6.10 Å². The summed E-state index contributed by atoms with van der Waals surface area (Å²) < 4.78 is 32.8. The number of allylic oxidation sites excluding steroid dienone is 4. The van der Waals surface area contributed by atoms with Crippen LogP contribution >= 0.6 is 7.82 Å². The number of carbonyl (C=O) groups excluding carboxylic acids is 2. The first-order valence-electron chi connectivity index (χ1n) is 25.9. The number of unbranched alkanes of at least 4 members (excludes halogenated alkanes) is 31. The second-order valence-corrected chi connectivity index (χ2v) is 19.1. The average molecular weight is 914 g/mol. The minimum Gasteiger partial charge on any atom is -0.480 e. The summed E-state index contributed by atoms with van der Waals surface area (Å²) in [5, 5.41) is 8.92. The van der Waals surface area contributed by atoms with E-state index in [0.717, 1.165) is 38.5 Å². The molecule has 0 heterocycles. The fourth-order valence-corrected chi connectivity index (χ4v) is 8.16. The van der Waals surface area contributed by atoms with Gasteiger partial charge >= 0.3 is 25.7 Å². The lowest BCUT2D eigenvalue weighted by atomic mass is 10.0. The molecular weight excluding hydrogens is 818 g/mol. The second-order valence-electron chi connectivity index (χ2n) is 17.7. The molecule has 0 aliphatic carbocycles. The standard InChI is InChI=1S/C51H96NO10P/c1-3-5-7-9-11-13-15-17-19-21-22-23-24-25-26-27-29-31-33-35-37-39-41-43-50(54)62-47(45-60-63(57,58)61-46-48(52)51(55)56)44-59-49(53)42-40-38-36-34-32-30-28-20-18-16-14-12-10-8-6-4-2/h27,29,35,37,47-48H,3-26,28,30-34,36,38-46,52H2,1-2H3,(H,55,56)(H,57,58)/b29-27+,37-35+/t47-,48-/m0/s1. The van der Waals surface area contributed by atoms with Crippen molar-refractivity contribution in [2.75, 3.05) is 19.8 Å². The number of nitrogens with two attached hydrogens (primary N) is 1. The first-order valence-corrected chi connectivity index (χ1v) is 27.4. The highest BCUT2D eigenvalue weighted by molar-refractivity contribution is 7.47. The number of phosphoric acid groups is 1. The molecule has 0 spiro atoms. The third-order valence-electron chi connectivity index (χ3n) is 11.4. The van der Waals surface area contributed by atoms with E-state index in [1.807, 2.05) is 0 Å². The van der Waals surface area contributed by atoms with Crippen LogP contribution in [-0.2, 0) is 37.5 Å². The summed E-state index contributed by atoms with van der Waals surface area (Å²) in [5.41, 5.74) is 5.35. The number of rotatable bonds is 49. The van der Waals surface area contributed by atoms with Crippen LogP contribution in [0.3, 0.4) is 0 Å². The van der Waals surface area contributed by atoms with Crippen LogP contribution < -0.4 is 5.73 Å². The minimum absolute atomic E-state index is 0.105. The molecule has 63 heavy (non-hydrogen) atoms. The summed E-state index contributed by atoms with van der Waals surface area (Å²) in [6, 6.07) is -1.53. The Morgan fingerprint density at radius 2 is 0.825 bits per heavy atom. The number of hydrogen-bond acceptors (Lipinski definition) is 9. The lowest BCUT2D eigenvalue weighted by Crippen LogP contribution is -2.34. The van der Waals surface area contributed by atoms with Crippen LogP contribution in [0, 0.1) is 0 Å². The Kier molecular flexibility index (Phi) is 45.0. The number of ether oxygens (including phenoxy) is 2. The zero-order chi connectivity index (χ0) is 46.3. The maximum atomic E-state index is 12.7. The molecule has 0 saturated carbocycles. The highest BCUT2D eigenvalue weighted by Gasteiger charge is 2.28. The molecule has 0 aromatic heterocycles. The average Bonchev–Trinajstić information content (AvgIpc) is 3.26. The van der Waals surface area contributed by atoms with E-state index in [9.17, 15) is 23.8 Å². The number of hydrogen-bond donors (Lipinski definition) is 3. The molecule has 12 heteroatoms. The summed E-state index contributed by atoms with van der Waals surface area (Å²) in [5.74, 6) is -2.42. The van der Waals surface area contributed by atoms with Gasteiger partial charge in [0.1, 0.15) is 12.6 Å². The SMILES string of the molecule is CCCCCCCCCCCCCCCC/C=C/CC/C=C/CCCC(=O)O[C@@H](COC(=O)CCCCCCCCCCCCCCCCCC)COP(=O)(O)OC[C@H](N)C(=O)O. The largest absolute Gasteiger partial charge is 0.480 e. The van der Waals surface area contributed by atoms with Crippen molar-refractivity contribution in [3.8, 4) is 0 Å². The molecule has 1 unspecified atom stereocenters. The van der Waals surface area contributed by atoms with Gasteiger partial charge in [-0.05, 0) is 44.9 Å². The first-order chi connectivity index (χ1) is 30.6. The molecule has 0 saturated heterocycles. The van der Waals surface area contributed by atoms with E-state index < -0.39 is 51.1 Å². The van der Waals surface area contributed by atoms with Gasteiger partial charge < -0.3 is 25.2 Å². The highest BCUT2D eigenvalue weighted by Crippen LogP contribution is 2.43. The van der Waals surface area contributed by atoms with Crippen LogP contribution in [0.15, 0.2) is 24.3 Å². The molecule has 3 atom stereocenters. The Morgan fingerprint density at radius 1 is 0.476 bits per heavy atom. The quantitative estimate of drug-likeness (QED) is 0.0230. The van der Waals surface area contributed by atoms with Gasteiger partial charge in [-0.2, -0.15) is 0 Å². The van der Waals surface area contributed by atoms with E-state index in [1.54, 1.807) is 0 Å². The Bertz CT molecular complexity index is 1160. The van der Waals surface area contributed by atoms with Gasteiger partial charge in [-0.3, -0.25) is 23.4 Å². The number of carboxylic acids is 1. The zero-order valence-corrected chi connectivity index (χ0v) is 41.3. The van der Waals surface area contributed by atoms with E-state index >= 15 is 0 Å². The molecule has 0 aromatic carbocycles. The molecule has 370 valence electrons. The third kappa shape index (κ3) is 46.3. The molecule has 0 bridgehead atoms. The molecule has 0 aromatic rings. The monoisotopic (exact) mass is 914 g/mol. The van der Waals surface area contributed by atoms with Crippen molar-refractivity contribution in [1.82, 2.24) is 0 Å². The number of carboxylic acid groups (broad SMARTS) is 1.